The van der Waals surface area contributed by atoms with Crippen LogP contribution in [0.25, 0.3) is 5.69 Å². The molecular weight excluding hydrogens is 506 g/mol. The van der Waals surface area contributed by atoms with Crippen LogP contribution in [-0.4, -0.2) is 50.2 Å². The second-order valence-electron chi connectivity index (χ2n) is 7.40. The van der Waals surface area contributed by atoms with Crippen LogP contribution in [0.5, 0.6) is 11.5 Å². The lowest BCUT2D eigenvalue weighted by Crippen LogP contribution is -2.32. The van der Waals surface area contributed by atoms with Gasteiger partial charge in [-0.05, 0) is 52.9 Å². The number of aromatic nitrogens is 4. The highest BCUT2D eigenvalue weighted by Crippen LogP contribution is 2.35. The number of amidine groups is 1. The van der Waals surface area contributed by atoms with Gasteiger partial charge in [0.15, 0.2) is 5.25 Å². The Morgan fingerprint density at radius 2 is 1.67 bits per heavy atom. The largest absolute Gasteiger partial charge is 0.456 e. The van der Waals surface area contributed by atoms with Crippen LogP contribution >= 0.6 is 11.8 Å². The van der Waals surface area contributed by atoms with Crippen molar-refractivity contribution >= 4 is 39.3 Å². The quantitative estimate of drug-likeness (QED) is 0.344. The molecule has 1 aromatic heterocycles. The Balaban J connectivity index is 1.43. The molecule has 14 heteroatoms. The average molecular weight is 524 g/mol. The van der Waals surface area contributed by atoms with Gasteiger partial charge in [-0.15, -0.1) is 5.10 Å². The summed E-state index contributed by atoms with van der Waals surface area (Å²) < 4.78 is 41.0. The fourth-order valence-corrected chi connectivity index (χ4v) is 4.91. The standard InChI is InChI=1S/C22H17N7O5S2/c23-20-19(35-22-24-26-27-29(22)14-7-3-1-4-8-14)21(30)28(25-20)15-11-12-17(18(13-15)36(31,32)33)34-16-9-5-2-6-10-16/h1-13,19H,(H2,23,25)(H,31,32,33). The number of rotatable bonds is 7. The number of nitrogens with two attached hydrogens (primary N) is 1. The summed E-state index contributed by atoms with van der Waals surface area (Å²) in [6.45, 7) is 0. The highest BCUT2D eigenvalue weighted by molar-refractivity contribution is 8.01. The van der Waals surface area contributed by atoms with Gasteiger partial charge in [0.1, 0.15) is 22.2 Å². The van der Waals surface area contributed by atoms with E-state index in [2.05, 4.69) is 20.6 Å². The van der Waals surface area contributed by atoms with Gasteiger partial charge in [0.25, 0.3) is 16.0 Å². The van der Waals surface area contributed by atoms with E-state index >= 15 is 0 Å². The van der Waals surface area contributed by atoms with Crippen molar-refractivity contribution in [2.45, 2.75) is 15.3 Å². The number of amides is 1. The Labute approximate surface area is 209 Å². The number of tetrazole rings is 1. The van der Waals surface area contributed by atoms with Crippen molar-refractivity contribution in [1.82, 2.24) is 20.2 Å². The van der Waals surface area contributed by atoms with Crippen molar-refractivity contribution in [3.8, 4) is 17.2 Å². The van der Waals surface area contributed by atoms with Gasteiger partial charge in [-0.2, -0.15) is 23.2 Å². The molecule has 0 saturated carbocycles. The molecule has 5 rings (SSSR count). The number of benzene rings is 3. The third-order valence-electron chi connectivity index (χ3n) is 5.00. The average Bonchev–Trinajstić information content (AvgIpc) is 3.45. The maximum absolute atomic E-state index is 13.2. The summed E-state index contributed by atoms with van der Waals surface area (Å²) >= 11 is 0.996. The van der Waals surface area contributed by atoms with E-state index in [1.54, 1.807) is 42.5 Å². The van der Waals surface area contributed by atoms with Gasteiger partial charge in [0, 0.05) is 0 Å². The molecule has 36 heavy (non-hydrogen) atoms. The summed E-state index contributed by atoms with van der Waals surface area (Å²) in [6.07, 6.45) is 0. The molecular formula is C22H17N7O5S2. The Bertz CT molecular complexity index is 1560. The number of carbonyl (C=O) groups is 1. The molecule has 12 nitrogen and oxygen atoms in total. The summed E-state index contributed by atoms with van der Waals surface area (Å²) in [4.78, 5) is 12.7. The molecule has 3 aromatic carbocycles. The Hall–Kier alpha value is -4.27. The Morgan fingerprint density at radius 1 is 0.972 bits per heavy atom. The highest BCUT2D eigenvalue weighted by Gasteiger charge is 2.38. The molecule has 2 heterocycles. The van der Waals surface area contributed by atoms with Crippen molar-refractivity contribution in [2.75, 3.05) is 5.01 Å². The molecule has 0 radical (unpaired) electrons. The van der Waals surface area contributed by atoms with Crippen LogP contribution < -0.4 is 15.5 Å². The van der Waals surface area contributed by atoms with Crippen LogP contribution in [0.1, 0.15) is 0 Å². The fourth-order valence-electron chi connectivity index (χ4n) is 3.37. The van der Waals surface area contributed by atoms with Gasteiger partial charge in [0.2, 0.25) is 5.16 Å². The van der Waals surface area contributed by atoms with Crippen molar-refractivity contribution in [3.63, 3.8) is 0 Å². The van der Waals surface area contributed by atoms with E-state index in [9.17, 15) is 17.8 Å². The minimum Gasteiger partial charge on any atom is -0.456 e. The van der Waals surface area contributed by atoms with Gasteiger partial charge in [-0.3, -0.25) is 9.35 Å². The van der Waals surface area contributed by atoms with E-state index in [1.165, 1.54) is 16.8 Å². The zero-order valence-electron chi connectivity index (χ0n) is 18.2. The summed E-state index contributed by atoms with van der Waals surface area (Å²) in [7, 11) is -4.71. The molecule has 0 fully saturated rings. The number of hydrazone groups is 1. The first-order valence-corrected chi connectivity index (χ1v) is 12.7. The molecule has 1 aliphatic heterocycles. The first-order valence-electron chi connectivity index (χ1n) is 10.3. The molecule has 3 N–H and O–H groups in total. The maximum Gasteiger partial charge on any atom is 0.298 e. The molecule has 0 saturated heterocycles. The molecule has 1 amide bonds. The summed E-state index contributed by atoms with van der Waals surface area (Å²) in [5.74, 6) is -0.324. The van der Waals surface area contributed by atoms with Crippen molar-refractivity contribution in [3.05, 3.63) is 78.9 Å². The Kier molecular flexibility index (Phi) is 6.13. The summed E-state index contributed by atoms with van der Waals surface area (Å²) in [5, 5.41) is 16.0. The fraction of sp³-hybridized carbons (Fsp3) is 0.0455. The number of hydrogen-bond acceptors (Lipinski definition) is 10. The third kappa shape index (κ3) is 4.64. The number of thioether (sulfide) groups is 1. The molecule has 4 aromatic rings. The van der Waals surface area contributed by atoms with Crippen LogP contribution in [0.15, 0.2) is 94.0 Å². The topological polar surface area (TPSA) is 166 Å². The van der Waals surface area contributed by atoms with E-state index in [-0.39, 0.29) is 17.3 Å². The lowest BCUT2D eigenvalue weighted by Gasteiger charge is -2.16. The van der Waals surface area contributed by atoms with Gasteiger partial charge < -0.3 is 10.5 Å². The van der Waals surface area contributed by atoms with Gasteiger partial charge in [0.05, 0.1) is 11.4 Å². The smallest absolute Gasteiger partial charge is 0.298 e. The van der Waals surface area contributed by atoms with E-state index in [1.807, 2.05) is 18.2 Å². The summed E-state index contributed by atoms with van der Waals surface area (Å²) in [6, 6.07) is 21.4. The lowest BCUT2D eigenvalue weighted by atomic mass is 10.2. The molecule has 182 valence electrons. The van der Waals surface area contributed by atoms with Crippen molar-refractivity contribution in [1.29, 1.82) is 0 Å². The predicted molar refractivity (Wildman–Crippen MR) is 131 cm³/mol. The number of para-hydroxylation sites is 2. The van der Waals surface area contributed by atoms with E-state index in [4.69, 9.17) is 10.5 Å². The van der Waals surface area contributed by atoms with E-state index in [0.29, 0.717) is 16.6 Å². The highest BCUT2D eigenvalue weighted by atomic mass is 32.2. The third-order valence-corrected chi connectivity index (χ3v) is 7.02. The van der Waals surface area contributed by atoms with Gasteiger partial charge >= 0.3 is 0 Å². The van der Waals surface area contributed by atoms with Crippen molar-refractivity contribution < 1.29 is 22.5 Å². The molecule has 0 aliphatic carbocycles. The van der Waals surface area contributed by atoms with Crippen molar-refractivity contribution in [2.24, 2.45) is 10.8 Å². The monoisotopic (exact) mass is 523 g/mol. The van der Waals surface area contributed by atoms with E-state index in [0.717, 1.165) is 22.8 Å². The summed E-state index contributed by atoms with van der Waals surface area (Å²) in [5.41, 5.74) is 6.82. The molecule has 0 spiro atoms. The Morgan fingerprint density at radius 3 is 2.36 bits per heavy atom. The number of nitrogens with zero attached hydrogens (tertiary/aromatic N) is 6. The van der Waals surface area contributed by atoms with Crippen LogP contribution in [-0.2, 0) is 14.9 Å². The van der Waals surface area contributed by atoms with E-state index < -0.39 is 26.2 Å². The van der Waals surface area contributed by atoms with Gasteiger partial charge in [-0.1, -0.05) is 48.2 Å². The minimum atomic E-state index is -4.71. The normalized spacial score (nSPS) is 15.7. The zero-order valence-corrected chi connectivity index (χ0v) is 19.9. The first-order chi connectivity index (χ1) is 17.3. The molecule has 1 unspecified atom stereocenters. The minimum absolute atomic E-state index is 0.0226. The first kappa shape index (κ1) is 23.5. The zero-order chi connectivity index (χ0) is 25.3. The predicted octanol–water partition coefficient (Wildman–Crippen LogP) is 2.48. The molecule has 1 atom stereocenters. The second kappa shape index (κ2) is 9.41. The number of ether oxygens (including phenoxy) is 1. The van der Waals surface area contributed by atoms with Gasteiger partial charge in [-0.25, -0.2) is 0 Å². The lowest BCUT2D eigenvalue weighted by molar-refractivity contribution is -0.116. The van der Waals surface area contributed by atoms with Crippen LogP contribution in [0, 0.1) is 0 Å². The SMILES string of the molecule is NC1=NN(c2ccc(Oc3ccccc3)c(S(=O)(=O)O)c2)C(=O)C1Sc1nnnn1-c1ccccc1. The maximum atomic E-state index is 13.2. The van der Waals surface area contributed by atoms with Crippen LogP contribution in [0.2, 0.25) is 0 Å². The molecule has 0 bridgehead atoms. The number of carbonyl (C=O) groups excluding carboxylic acids is 1. The van der Waals surface area contributed by atoms with Crippen LogP contribution in [0.3, 0.4) is 0 Å². The number of hydrogen-bond donors (Lipinski definition) is 2. The number of anilines is 1. The molecule has 1 aliphatic rings. The second-order valence-corrected chi connectivity index (χ2v) is 9.87. The van der Waals surface area contributed by atoms with Crippen LogP contribution in [0.4, 0.5) is 5.69 Å².